The fraction of sp³-hybridized carbons (Fsp3) is 0.833. The lowest BCUT2D eigenvalue weighted by molar-refractivity contribution is -0.114. The maximum atomic E-state index is 10.4. The van der Waals surface area contributed by atoms with Crippen molar-refractivity contribution in [3.63, 3.8) is 0 Å². The molecule has 1 fully saturated rings. The summed E-state index contributed by atoms with van der Waals surface area (Å²) in [5.41, 5.74) is 5.44. The third-order valence-corrected chi connectivity index (χ3v) is 2.17. The molecule has 2 N–H and O–H groups in total. The molecule has 1 aliphatic rings. The van der Waals surface area contributed by atoms with E-state index in [0.29, 0.717) is 5.92 Å². The number of hydrogen-bond acceptors (Lipinski definition) is 2. The Morgan fingerprint density at radius 3 is 2.33 bits per heavy atom. The van der Waals surface area contributed by atoms with Crippen LogP contribution in [0, 0.1) is 5.92 Å². The molecule has 1 atom stereocenters. The molecule has 1 aliphatic carbocycles. The van der Waals surface area contributed by atoms with E-state index in [4.69, 9.17) is 17.3 Å². The van der Waals surface area contributed by atoms with Gasteiger partial charge in [0.1, 0.15) is 0 Å². The molecule has 0 saturated heterocycles. The summed E-state index contributed by atoms with van der Waals surface area (Å²) < 4.78 is 0. The highest BCUT2D eigenvalue weighted by Gasteiger charge is 2.28. The lowest BCUT2D eigenvalue weighted by Crippen LogP contribution is -2.39. The van der Waals surface area contributed by atoms with Crippen LogP contribution in [0.2, 0.25) is 0 Å². The van der Waals surface area contributed by atoms with E-state index < -0.39 is 6.04 Å². The van der Waals surface area contributed by atoms with Crippen molar-refractivity contribution >= 4 is 16.8 Å². The van der Waals surface area contributed by atoms with Gasteiger partial charge in [-0.1, -0.05) is 6.42 Å². The second kappa shape index (κ2) is 2.67. The van der Waals surface area contributed by atoms with Crippen LogP contribution in [0.3, 0.4) is 0 Å². The van der Waals surface area contributed by atoms with Crippen molar-refractivity contribution in [2.45, 2.75) is 25.3 Å². The molecule has 0 aliphatic heterocycles. The maximum absolute atomic E-state index is 10.4. The van der Waals surface area contributed by atoms with E-state index >= 15 is 0 Å². The summed E-state index contributed by atoms with van der Waals surface area (Å²) in [5.74, 6) is 0.370. The van der Waals surface area contributed by atoms with Crippen molar-refractivity contribution < 1.29 is 4.79 Å². The van der Waals surface area contributed by atoms with Crippen LogP contribution in [0.4, 0.5) is 0 Å². The quantitative estimate of drug-likeness (QED) is 0.590. The first-order valence-corrected chi connectivity index (χ1v) is 3.54. The van der Waals surface area contributed by atoms with Gasteiger partial charge in [0.2, 0.25) is 5.24 Å². The SMILES string of the molecule is N[C@H](C(=O)Cl)C1CCC1. The second-order valence-electron chi connectivity index (χ2n) is 2.52. The average molecular weight is 148 g/mol. The molecule has 0 unspecified atom stereocenters. The van der Waals surface area contributed by atoms with Crippen molar-refractivity contribution in [3.05, 3.63) is 0 Å². The van der Waals surface area contributed by atoms with Gasteiger partial charge in [0.05, 0.1) is 6.04 Å². The predicted octanol–water partition coefficient (Wildman–Crippen LogP) is 0.879. The van der Waals surface area contributed by atoms with Gasteiger partial charge >= 0.3 is 0 Å². The second-order valence-corrected chi connectivity index (χ2v) is 2.89. The van der Waals surface area contributed by atoms with Gasteiger partial charge in [0.15, 0.2) is 0 Å². The highest BCUT2D eigenvalue weighted by atomic mass is 35.5. The van der Waals surface area contributed by atoms with E-state index in [9.17, 15) is 4.79 Å². The standard InChI is InChI=1S/C6H10ClNO/c7-6(9)5(8)4-2-1-3-4/h4-5H,1-3,8H2/t5-/m0/s1. The van der Waals surface area contributed by atoms with Gasteiger partial charge in [-0.3, -0.25) is 4.79 Å². The lowest BCUT2D eigenvalue weighted by atomic mass is 9.80. The summed E-state index contributed by atoms with van der Waals surface area (Å²) in [6, 6.07) is -0.402. The first-order valence-electron chi connectivity index (χ1n) is 3.16. The summed E-state index contributed by atoms with van der Waals surface area (Å²) in [6.07, 6.45) is 3.34. The van der Waals surface area contributed by atoms with Crippen LogP contribution in [-0.4, -0.2) is 11.3 Å². The summed E-state index contributed by atoms with van der Waals surface area (Å²) in [4.78, 5) is 10.4. The van der Waals surface area contributed by atoms with E-state index in [1.165, 1.54) is 6.42 Å². The smallest absolute Gasteiger partial charge is 0.238 e. The molecule has 0 bridgehead atoms. The lowest BCUT2D eigenvalue weighted by Gasteiger charge is -2.28. The normalized spacial score (nSPS) is 22.9. The molecule has 9 heavy (non-hydrogen) atoms. The highest BCUT2D eigenvalue weighted by Crippen LogP contribution is 2.29. The maximum Gasteiger partial charge on any atom is 0.238 e. The molecule has 2 nitrogen and oxygen atoms in total. The number of nitrogens with two attached hydrogens (primary N) is 1. The van der Waals surface area contributed by atoms with Gasteiger partial charge in [-0.15, -0.1) is 0 Å². The Kier molecular flexibility index (Phi) is 2.09. The molecule has 0 spiro atoms. The Labute approximate surface area is 59.4 Å². The molecule has 52 valence electrons. The first-order chi connectivity index (χ1) is 4.22. The number of carbonyl (C=O) groups excluding carboxylic acids is 1. The molecule has 0 aromatic carbocycles. The van der Waals surface area contributed by atoms with Crippen LogP contribution in [0.5, 0.6) is 0 Å². The van der Waals surface area contributed by atoms with E-state index in [1.807, 2.05) is 0 Å². The average Bonchev–Trinajstić information content (AvgIpc) is 1.60. The zero-order chi connectivity index (χ0) is 6.85. The van der Waals surface area contributed by atoms with Gasteiger partial charge in [0, 0.05) is 0 Å². The molecule has 0 radical (unpaired) electrons. The zero-order valence-electron chi connectivity index (χ0n) is 5.14. The number of carbonyl (C=O) groups is 1. The summed E-state index contributed by atoms with van der Waals surface area (Å²) in [5, 5.41) is -0.389. The molecule has 1 saturated carbocycles. The highest BCUT2D eigenvalue weighted by molar-refractivity contribution is 6.64. The monoisotopic (exact) mass is 147 g/mol. The van der Waals surface area contributed by atoms with Crippen LogP contribution in [-0.2, 0) is 4.79 Å². The van der Waals surface area contributed by atoms with Gasteiger partial charge in [-0.05, 0) is 30.4 Å². The Bertz CT molecular complexity index is 122. The summed E-state index contributed by atoms with van der Waals surface area (Å²) in [6.45, 7) is 0. The van der Waals surface area contributed by atoms with Crippen molar-refractivity contribution in [2.75, 3.05) is 0 Å². The van der Waals surface area contributed by atoms with Crippen LogP contribution in [0.25, 0.3) is 0 Å². The molecular weight excluding hydrogens is 138 g/mol. The molecule has 0 aromatic rings. The molecule has 0 amide bonds. The summed E-state index contributed by atoms with van der Waals surface area (Å²) in [7, 11) is 0. The third-order valence-electron chi connectivity index (χ3n) is 1.92. The van der Waals surface area contributed by atoms with Gasteiger partial charge < -0.3 is 5.73 Å². The summed E-state index contributed by atoms with van der Waals surface area (Å²) >= 11 is 5.17. The van der Waals surface area contributed by atoms with Crippen LogP contribution < -0.4 is 5.73 Å². The van der Waals surface area contributed by atoms with Crippen LogP contribution in [0.1, 0.15) is 19.3 Å². The van der Waals surface area contributed by atoms with Crippen molar-refractivity contribution in [1.29, 1.82) is 0 Å². The Morgan fingerprint density at radius 1 is 1.67 bits per heavy atom. The molecule has 0 heterocycles. The zero-order valence-corrected chi connectivity index (χ0v) is 5.90. The largest absolute Gasteiger partial charge is 0.320 e. The van der Waals surface area contributed by atoms with Crippen molar-refractivity contribution in [3.8, 4) is 0 Å². The van der Waals surface area contributed by atoms with Crippen LogP contribution in [0.15, 0.2) is 0 Å². The first kappa shape index (κ1) is 7.03. The Morgan fingerprint density at radius 2 is 2.22 bits per heavy atom. The number of rotatable bonds is 2. The molecular formula is C6H10ClNO. The van der Waals surface area contributed by atoms with E-state index in [-0.39, 0.29) is 5.24 Å². The van der Waals surface area contributed by atoms with Gasteiger partial charge in [-0.25, -0.2) is 0 Å². The third kappa shape index (κ3) is 1.43. The van der Waals surface area contributed by atoms with E-state index in [0.717, 1.165) is 12.8 Å². The fourth-order valence-corrected chi connectivity index (χ4v) is 1.16. The van der Waals surface area contributed by atoms with E-state index in [2.05, 4.69) is 0 Å². The Hall–Kier alpha value is -0.0800. The number of halogens is 1. The fourth-order valence-electron chi connectivity index (χ4n) is 0.984. The topological polar surface area (TPSA) is 43.1 Å². The predicted molar refractivity (Wildman–Crippen MR) is 36.2 cm³/mol. The van der Waals surface area contributed by atoms with Gasteiger partial charge in [0.25, 0.3) is 0 Å². The molecule has 0 aromatic heterocycles. The van der Waals surface area contributed by atoms with Crippen molar-refractivity contribution in [2.24, 2.45) is 11.7 Å². The Balaban J connectivity index is 2.32. The minimum absolute atomic E-state index is 0.370. The van der Waals surface area contributed by atoms with Crippen molar-refractivity contribution in [1.82, 2.24) is 0 Å². The minimum atomic E-state index is -0.402. The van der Waals surface area contributed by atoms with E-state index in [1.54, 1.807) is 0 Å². The molecule has 3 heteroatoms. The van der Waals surface area contributed by atoms with Gasteiger partial charge in [-0.2, -0.15) is 0 Å². The minimum Gasteiger partial charge on any atom is -0.320 e. The van der Waals surface area contributed by atoms with Crippen LogP contribution >= 0.6 is 11.6 Å². The number of hydrogen-bond donors (Lipinski definition) is 1. The molecule has 1 rings (SSSR count).